The lowest BCUT2D eigenvalue weighted by molar-refractivity contribution is -0.146. The van der Waals surface area contributed by atoms with Gasteiger partial charge in [0, 0.05) is 12.0 Å². The van der Waals surface area contributed by atoms with Crippen LogP contribution in [0.5, 0.6) is 5.75 Å². The van der Waals surface area contributed by atoms with Gasteiger partial charge in [-0.25, -0.2) is 9.18 Å². The molecule has 2 aliphatic rings. The van der Waals surface area contributed by atoms with Crippen LogP contribution >= 0.6 is 23.5 Å². The average Bonchev–Trinajstić information content (AvgIpc) is 2.40. The fourth-order valence-corrected chi connectivity index (χ4v) is 5.86. The molecule has 3 nitrogen and oxygen atoms in total. The van der Waals surface area contributed by atoms with Crippen molar-refractivity contribution in [1.82, 2.24) is 0 Å². The monoisotopic (exact) mass is 300 g/mol. The number of hydrogen-bond acceptors (Lipinski definition) is 4. The summed E-state index contributed by atoms with van der Waals surface area (Å²) >= 11 is 3.42. The molecule has 102 valence electrons. The molecule has 6 heteroatoms. The van der Waals surface area contributed by atoms with Gasteiger partial charge in [-0.05, 0) is 36.1 Å². The highest BCUT2D eigenvalue weighted by molar-refractivity contribution is 8.18. The first-order valence-corrected chi connectivity index (χ1v) is 8.05. The van der Waals surface area contributed by atoms with Crippen molar-refractivity contribution in [2.24, 2.45) is 0 Å². The van der Waals surface area contributed by atoms with Gasteiger partial charge in [0.2, 0.25) is 0 Å². The van der Waals surface area contributed by atoms with E-state index in [9.17, 15) is 14.3 Å². The summed E-state index contributed by atoms with van der Waals surface area (Å²) in [6.07, 6.45) is 0.630. The number of aliphatic carboxylic acids is 1. The highest BCUT2D eigenvalue weighted by atomic mass is 32.2. The Hall–Kier alpha value is -0.880. The number of carbonyl (C=O) groups is 1. The van der Waals surface area contributed by atoms with Crippen molar-refractivity contribution < 1.29 is 19.0 Å². The molecule has 1 N–H and O–H groups in total. The molecule has 0 aliphatic carbocycles. The molecule has 0 saturated carbocycles. The van der Waals surface area contributed by atoms with Crippen molar-refractivity contribution in [2.75, 3.05) is 11.5 Å². The van der Waals surface area contributed by atoms with Gasteiger partial charge in [-0.2, -0.15) is 0 Å². The summed E-state index contributed by atoms with van der Waals surface area (Å²) in [6, 6.07) is 4.34. The SMILES string of the molecule is O=C(O)C1CC2(SCCCS2)c2cc(F)ccc2O1. The zero-order valence-corrected chi connectivity index (χ0v) is 11.7. The van der Waals surface area contributed by atoms with Crippen molar-refractivity contribution in [1.29, 1.82) is 0 Å². The molecule has 1 spiro atoms. The fourth-order valence-electron chi connectivity index (χ4n) is 2.44. The third kappa shape index (κ3) is 2.31. The van der Waals surface area contributed by atoms with Gasteiger partial charge in [0.15, 0.2) is 6.10 Å². The molecule has 0 radical (unpaired) electrons. The van der Waals surface area contributed by atoms with Gasteiger partial charge in [-0.15, -0.1) is 23.5 Å². The summed E-state index contributed by atoms with van der Waals surface area (Å²) < 4.78 is 18.6. The lowest BCUT2D eigenvalue weighted by atomic mass is 10.0. The number of carboxylic acid groups (broad SMARTS) is 1. The minimum absolute atomic E-state index is 0.303. The molecule has 1 fully saturated rings. The van der Waals surface area contributed by atoms with Crippen LogP contribution in [0.3, 0.4) is 0 Å². The van der Waals surface area contributed by atoms with Crippen molar-refractivity contribution in [2.45, 2.75) is 23.0 Å². The third-order valence-corrected chi connectivity index (χ3v) is 6.71. The quantitative estimate of drug-likeness (QED) is 0.863. The molecule has 2 aliphatic heterocycles. The summed E-state index contributed by atoms with van der Waals surface area (Å²) in [7, 11) is 0. The maximum absolute atomic E-state index is 13.5. The molecule has 0 amide bonds. The Morgan fingerprint density at radius 3 is 2.84 bits per heavy atom. The van der Waals surface area contributed by atoms with E-state index in [1.165, 1.54) is 18.2 Å². The maximum Gasteiger partial charge on any atom is 0.344 e. The van der Waals surface area contributed by atoms with Crippen molar-refractivity contribution in [3.05, 3.63) is 29.6 Å². The Morgan fingerprint density at radius 2 is 2.16 bits per heavy atom. The largest absolute Gasteiger partial charge is 0.479 e. The summed E-state index contributed by atoms with van der Waals surface area (Å²) in [5.74, 6) is 1.18. The van der Waals surface area contributed by atoms with Crippen LogP contribution in [0, 0.1) is 5.82 Å². The molecule has 0 aromatic heterocycles. The smallest absolute Gasteiger partial charge is 0.344 e. The number of thioether (sulfide) groups is 2. The van der Waals surface area contributed by atoms with Crippen LogP contribution in [-0.4, -0.2) is 28.7 Å². The molecular weight excluding hydrogens is 287 g/mol. The average molecular weight is 300 g/mol. The lowest BCUT2D eigenvalue weighted by Gasteiger charge is -2.42. The molecule has 19 heavy (non-hydrogen) atoms. The number of ether oxygens (including phenoxy) is 1. The van der Waals surface area contributed by atoms with Crippen LogP contribution in [0.2, 0.25) is 0 Å². The molecule has 1 aromatic carbocycles. The lowest BCUT2D eigenvalue weighted by Crippen LogP contribution is -2.40. The summed E-state index contributed by atoms with van der Waals surface area (Å²) in [5.41, 5.74) is 0.791. The van der Waals surface area contributed by atoms with Crippen molar-refractivity contribution >= 4 is 29.5 Å². The van der Waals surface area contributed by atoms with E-state index in [1.807, 2.05) is 0 Å². The van der Waals surface area contributed by atoms with Crippen LogP contribution in [0.25, 0.3) is 0 Å². The number of fused-ring (bicyclic) bond motifs is 2. The molecule has 1 atom stereocenters. The number of hydrogen-bond donors (Lipinski definition) is 1. The standard InChI is InChI=1S/C13H13FO3S2/c14-8-2-3-10-9(6-8)13(18-4-1-5-19-13)7-11(17-10)12(15)16/h2-3,6,11H,1,4-5,7H2,(H,15,16). The second-order valence-corrected chi connectivity index (χ2v) is 7.64. The summed E-state index contributed by atoms with van der Waals surface area (Å²) in [6.45, 7) is 0. The first-order valence-electron chi connectivity index (χ1n) is 6.08. The van der Waals surface area contributed by atoms with Crippen molar-refractivity contribution in [3.63, 3.8) is 0 Å². The Morgan fingerprint density at radius 1 is 1.42 bits per heavy atom. The molecule has 2 heterocycles. The topological polar surface area (TPSA) is 46.5 Å². The highest BCUT2D eigenvalue weighted by Gasteiger charge is 2.46. The van der Waals surface area contributed by atoms with Gasteiger partial charge in [0.05, 0.1) is 4.08 Å². The van der Waals surface area contributed by atoms with Crippen LogP contribution in [0.4, 0.5) is 4.39 Å². The number of halogens is 1. The van der Waals surface area contributed by atoms with Gasteiger partial charge >= 0.3 is 5.97 Å². The van der Waals surface area contributed by atoms with Crippen LogP contribution < -0.4 is 4.74 Å². The van der Waals surface area contributed by atoms with E-state index < -0.39 is 12.1 Å². The zero-order valence-electron chi connectivity index (χ0n) is 10.1. The second kappa shape index (κ2) is 4.90. The third-order valence-electron chi connectivity index (χ3n) is 3.31. The van der Waals surface area contributed by atoms with E-state index in [0.29, 0.717) is 12.2 Å². The number of carboxylic acids is 1. The Bertz CT molecular complexity index is 515. The summed E-state index contributed by atoms with van der Waals surface area (Å²) in [4.78, 5) is 11.2. The van der Waals surface area contributed by atoms with E-state index in [4.69, 9.17) is 4.74 Å². The van der Waals surface area contributed by atoms with Gasteiger partial charge in [-0.1, -0.05) is 0 Å². The Labute approximate surface area is 118 Å². The predicted octanol–water partition coefficient (Wildman–Crippen LogP) is 3.08. The number of rotatable bonds is 1. The van der Waals surface area contributed by atoms with E-state index in [1.54, 1.807) is 23.5 Å². The van der Waals surface area contributed by atoms with Gasteiger partial charge in [-0.3, -0.25) is 0 Å². The Kier molecular flexibility index (Phi) is 3.39. The van der Waals surface area contributed by atoms with Gasteiger partial charge < -0.3 is 9.84 Å². The van der Waals surface area contributed by atoms with Gasteiger partial charge in [0.25, 0.3) is 0 Å². The first kappa shape index (κ1) is 13.1. The second-order valence-electron chi connectivity index (χ2n) is 4.59. The minimum atomic E-state index is -0.957. The molecule has 1 unspecified atom stereocenters. The molecule has 0 bridgehead atoms. The zero-order chi connectivity index (χ0) is 13.5. The summed E-state index contributed by atoms with van der Waals surface area (Å²) in [5, 5.41) is 9.21. The molecule has 1 aromatic rings. The van der Waals surface area contributed by atoms with Gasteiger partial charge in [0.1, 0.15) is 11.6 Å². The van der Waals surface area contributed by atoms with Crippen LogP contribution in [0.1, 0.15) is 18.4 Å². The molecule has 1 saturated heterocycles. The minimum Gasteiger partial charge on any atom is -0.479 e. The van der Waals surface area contributed by atoms with Crippen LogP contribution in [0.15, 0.2) is 18.2 Å². The predicted molar refractivity (Wildman–Crippen MR) is 74.3 cm³/mol. The normalized spacial score (nSPS) is 24.6. The number of benzene rings is 1. The first-order chi connectivity index (χ1) is 9.11. The maximum atomic E-state index is 13.5. The molecule has 3 rings (SSSR count). The van der Waals surface area contributed by atoms with E-state index in [0.717, 1.165) is 23.5 Å². The fraction of sp³-hybridized carbons (Fsp3) is 0.462. The highest BCUT2D eigenvalue weighted by Crippen LogP contribution is 2.58. The molecular formula is C13H13FO3S2. The Balaban J connectivity index is 2.07. The van der Waals surface area contributed by atoms with E-state index in [2.05, 4.69) is 0 Å². The van der Waals surface area contributed by atoms with E-state index >= 15 is 0 Å². The van der Waals surface area contributed by atoms with Crippen LogP contribution in [-0.2, 0) is 8.87 Å². The van der Waals surface area contributed by atoms with E-state index in [-0.39, 0.29) is 9.90 Å². The van der Waals surface area contributed by atoms with Crippen molar-refractivity contribution in [3.8, 4) is 5.75 Å².